The molecule has 1 fully saturated rings. The Morgan fingerprint density at radius 1 is 1.10 bits per heavy atom. The van der Waals surface area contributed by atoms with E-state index in [2.05, 4.69) is 27.8 Å². The molecule has 1 N–H and O–H groups in total. The number of methoxy groups -OCH3 is 1. The Kier molecular flexibility index (Phi) is 10.8. The summed E-state index contributed by atoms with van der Waals surface area (Å²) in [5, 5.41) is 2.82. The third-order valence-corrected chi connectivity index (χ3v) is 8.72. The SMILES string of the molecule is C=C(F)c1cc(C(=O)Nc2ncc(OC)cc2C)c(C)cc1O[C@H](CN1CC[N+](C(=O)OC(C)(C)C)=C(CC)C1)c1ccc(C2CC2)cn1. The van der Waals surface area contributed by atoms with Gasteiger partial charge in [0.05, 0.1) is 37.7 Å². The zero-order valence-electron chi connectivity index (χ0n) is 29.6. The molecule has 0 bridgehead atoms. The molecule has 49 heavy (non-hydrogen) atoms. The van der Waals surface area contributed by atoms with Gasteiger partial charge in [-0.25, -0.2) is 9.37 Å². The fourth-order valence-corrected chi connectivity index (χ4v) is 5.86. The standard InChI is InChI=1S/C38H46FN5O5/c1-9-28-21-43(14-15-44(28)37(46)49-38(5,6)7)22-34(32-13-12-27(19-40-32)26-10-11-26)48-33-17-23(2)30(18-31(33)25(4)39)36(45)42-35-24(3)16-29(47-8)20-41-35/h12-13,16-20,26,34H,4,9-11,14-15,21-22H2,1-3,5-8H3/p+1/t34-/m1/s1. The molecule has 5 rings (SSSR count). The Bertz CT molecular complexity index is 1760. The number of carbonyl (C=O) groups is 2. The second-order valence-electron chi connectivity index (χ2n) is 13.7. The quantitative estimate of drug-likeness (QED) is 0.210. The molecule has 1 aliphatic carbocycles. The molecule has 11 heteroatoms. The minimum atomic E-state index is -0.730. The number of benzene rings is 1. The van der Waals surface area contributed by atoms with Crippen molar-refractivity contribution in [3.63, 3.8) is 0 Å². The summed E-state index contributed by atoms with van der Waals surface area (Å²) in [6, 6.07) is 8.96. The Morgan fingerprint density at radius 2 is 1.86 bits per heavy atom. The number of nitrogens with one attached hydrogen (secondary N) is 1. The average Bonchev–Trinajstić information content (AvgIpc) is 3.90. The van der Waals surface area contributed by atoms with Crippen LogP contribution in [0.15, 0.2) is 49.3 Å². The molecule has 2 amide bonds. The number of ether oxygens (including phenoxy) is 3. The third-order valence-electron chi connectivity index (χ3n) is 8.72. The number of carbonyl (C=O) groups excluding carboxylic acids is 2. The second kappa shape index (κ2) is 14.9. The molecule has 0 unspecified atom stereocenters. The van der Waals surface area contributed by atoms with E-state index in [1.165, 1.54) is 17.8 Å². The van der Waals surface area contributed by atoms with Crippen molar-refractivity contribution in [1.82, 2.24) is 14.9 Å². The number of nitrogens with zero attached hydrogens (tertiary/aromatic N) is 4. The van der Waals surface area contributed by atoms with E-state index in [4.69, 9.17) is 19.2 Å². The average molecular weight is 673 g/mol. The molecule has 2 aliphatic rings. The summed E-state index contributed by atoms with van der Waals surface area (Å²) in [5.41, 5.74) is 3.90. The Hall–Kier alpha value is -4.64. The minimum Gasteiger partial charge on any atom is -0.495 e. The number of hydrogen-bond donors (Lipinski definition) is 1. The number of anilines is 1. The zero-order chi connectivity index (χ0) is 35.5. The van der Waals surface area contributed by atoms with Crippen LogP contribution in [0.4, 0.5) is 15.0 Å². The summed E-state index contributed by atoms with van der Waals surface area (Å²) in [7, 11) is 1.55. The van der Waals surface area contributed by atoms with Gasteiger partial charge in [0.1, 0.15) is 28.7 Å². The third kappa shape index (κ3) is 8.89. The second-order valence-corrected chi connectivity index (χ2v) is 13.7. The van der Waals surface area contributed by atoms with E-state index in [1.54, 1.807) is 30.7 Å². The van der Waals surface area contributed by atoms with E-state index >= 15 is 4.39 Å². The number of hydrogen-bond acceptors (Lipinski definition) is 8. The summed E-state index contributed by atoms with van der Waals surface area (Å²) in [6.07, 6.45) is 5.49. The van der Waals surface area contributed by atoms with Gasteiger partial charge in [0.25, 0.3) is 5.91 Å². The van der Waals surface area contributed by atoms with E-state index in [0.717, 1.165) is 24.1 Å². The molecule has 1 aliphatic heterocycles. The van der Waals surface area contributed by atoms with Gasteiger partial charge in [0.2, 0.25) is 0 Å². The van der Waals surface area contributed by atoms with E-state index in [0.29, 0.717) is 61.3 Å². The molecule has 0 saturated heterocycles. The molecular formula is C38H47FN5O5+. The molecule has 1 atom stereocenters. The van der Waals surface area contributed by atoms with Crippen LogP contribution >= 0.6 is 0 Å². The number of pyridine rings is 2. The minimum absolute atomic E-state index is 0.0744. The summed E-state index contributed by atoms with van der Waals surface area (Å²) in [6.45, 7) is 16.8. The largest absolute Gasteiger partial charge is 0.596 e. The summed E-state index contributed by atoms with van der Waals surface area (Å²) >= 11 is 0. The van der Waals surface area contributed by atoms with Crippen LogP contribution in [0.5, 0.6) is 11.5 Å². The van der Waals surface area contributed by atoms with Gasteiger partial charge in [-0.15, -0.1) is 4.58 Å². The number of halogens is 1. The van der Waals surface area contributed by atoms with Crippen molar-refractivity contribution in [3.8, 4) is 11.5 Å². The lowest BCUT2D eigenvalue weighted by molar-refractivity contribution is -0.459. The van der Waals surface area contributed by atoms with Gasteiger partial charge >= 0.3 is 6.09 Å². The Morgan fingerprint density at radius 3 is 2.45 bits per heavy atom. The predicted molar refractivity (Wildman–Crippen MR) is 187 cm³/mol. The maximum absolute atomic E-state index is 15.1. The lowest BCUT2D eigenvalue weighted by Crippen LogP contribution is -2.49. The Labute approximate surface area is 288 Å². The fourth-order valence-electron chi connectivity index (χ4n) is 5.86. The van der Waals surface area contributed by atoms with Crippen LogP contribution in [0.25, 0.3) is 5.83 Å². The van der Waals surface area contributed by atoms with Gasteiger partial charge < -0.3 is 19.5 Å². The van der Waals surface area contributed by atoms with Crippen molar-refractivity contribution in [2.24, 2.45) is 0 Å². The van der Waals surface area contributed by atoms with Gasteiger partial charge in [0.15, 0.2) is 18.4 Å². The molecular weight excluding hydrogens is 625 g/mol. The van der Waals surface area contributed by atoms with Crippen LogP contribution in [0.1, 0.15) is 97.3 Å². The van der Waals surface area contributed by atoms with Gasteiger partial charge in [-0.3, -0.25) is 14.7 Å². The molecule has 1 saturated carbocycles. The molecule has 10 nitrogen and oxygen atoms in total. The van der Waals surface area contributed by atoms with Crippen LogP contribution in [0.2, 0.25) is 0 Å². The highest BCUT2D eigenvalue weighted by Gasteiger charge is 2.35. The monoisotopic (exact) mass is 672 g/mol. The number of aryl methyl sites for hydroxylation is 2. The first kappa shape index (κ1) is 35.7. The van der Waals surface area contributed by atoms with E-state index in [9.17, 15) is 9.59 Å². The lowest BCUT2D eigenvalue weighted by atomic mass is 10.0. The fraction of sp³-hybridized carbons (Fsp3) is 0.447. The van der Waals surface area contributed by atoms with Crippen LogP contribution in [0, 0.1) is 13.8 Å². The molecule has 0 radical (unpaired) electrons. The van der Waals surface area contributed by atoms with Crippen molar-refractivity contribution in [2.75, 3.05) is 38.6 Å². The summed E-state index contributed by atoms with van der Waals surface area (Å²) < 4.78 is 34.4. The topological polar surface area (TPSA) is 106 Å². The van der Waals surface area contributed by atoms with Crippen molar-refractivity contribution in [1.29, 1.82) is 0 Å². The van der Waals surface area contributed by atoms with Gasteiger partial charge in [-0.05, 0) is 94.3 Å². The highest BCUT2D eigenvalue weighted by atomic mass is 19.1. The van der Waals surface area contributed by atoms with Crippen LogP contribution in [-0.2, 0) is 4.74 Å². The highest BCUT2D eigenvalue weighted by Crippen LogP contribution is 2.40. The number of aromatic nitrogens is 2. The van der Waals surface area contributed by atoms with E-state index in [1.807, 2.05) is 46.9 Å². The van der Waals surface area contributed by atoms with Crippen LogP contribution in [-0.4, -0.2) is 76.0 Å². The maximum Gasteiger partial charge on any atom is 0.596 e. The number of amides is 2. The van der Waals surface area contributed by atoms with Crippen LogP contribution in [0.3, 0.4) is 0 Å². The van der Waals surface area contributed by atoms with E-state index < -0.39 is 23.4 Å². The molecule has 3 aromatic rings. The summed E-state index contributed by atoms with van der Waals surface area (Å²) in [5.74, 6) is 0.581. The van der Waals surface area contributed by atoms with Crippen molar-refractivity contribution in [2.45, 2.75) is 78.4 Å². The maximum atomic E-state index is 15.1. The highest BCUT2D eigenvalue weighted by molar-refractivity contribution is 6.05. The van der Waals surface area contributed by atoms with E-state index in [-0.39, 0.29) is 23.0 Å². The molecule has 0 spiro atoms. The van der Waals surface area contributed by atoms with Crippen molar-refractivity contribution >= 4 is 29.4 Å². The van der Waals surface area contributed by atoms with Crippen LogP contribution < -0.4 is 14.8 Å². The smallest absolute Gasteiger partial charge is 0.495 e. The van der Waals surface area contributed by atoms with Gasteiger partial charge in [0, 0.05) is 24.7 Å². The molecule has 2 aromatic heterocycles. The van der Waals surface area contributed by atoms with Crippen molar-refractivity contribution in [3.05, 3.63) is 82.8 Å². The Balaban J connectivity index is 1.42. The first-order chi connectivity index (χ1) is 23.3. The van der Waals surface area contributed by atoms with Crippen molar-refractivity contribution < 1.29 is 32.8 Å². The number of rotatable bonds is 11. The first-order valence-electron chi connectivity index (χ1n) is 16.8. The first-order valence-corrected chi connectivity index (χ1v) is 16.8. The zero-order valence-corrected chi connectivity index (χ0v) is 29.6. The normalized spacial score (nSPS) is 15.8. The summed E-state index contributed by atoms with van der Waals surface area (Å²) in [4.78, 5) is 37.7. The lowest BCUT2D eigenvalue weighted by Gasteiger charge is -2.30. The molecule has 260 valence electrons. The molecule has 1 aromatic carbocycles. The van der Waals surface area contributed by atoms with Gasteiger partial charge in [-0.2, -0.15) is 4.79 Å². The van der Waals surface area contributed by atoms with Gasteiger partial charge in [-0.1, -0.05) is 19.6 Å². The predicted octanol–water partition coefficient (Wildman–Crippen LogP) is 7.41. The molecule has 3 heterocycles.